The first-order chi connectivity index (χ1) is 8.25. The van der Waals surface area contributed by atoms with Crippen molar-refractivity contribution >= 4 is 27.9 Å². The first kappa shape index (κ1) is 10.6. The van der Waals surface area contributed by atoms with Crippen molar-refractivity contribution in [3.8, 4) is 5.88 Å². The molecule has 3 fully saturated rings. The number of hydrogen-bond acceptors (Lipinski definition) is 4. The third-order valence-corrected chi connectivity index (χ3v) is 5.77. The van der Waals surface area contributed by atoms with Crippen LogP contribution in [0, 0.1) is 5.92 Å². The second kappa shape index (κ2) is 3.62. The van der Waals surface area contributed by atoms with E-state index in [2.05, 4.69) is 31.3 Å². The van der Waals surface area contributed by atoms with Gasteiger partial charge < -0.3 is 4.74 Å². The van der Waals surface area contributed by atoms with E-state index in [4.69, 9.17) is 4.74 Å². The molecule has 0 saturated heterocycles. The van der Waals surface area contributed by atoms with E-state index in [1.807, 2.05) is 11.9 Å². The SMILES string of the molecule is Brc1cnc2c(c1)SN(C13CC(C1)C3)CCO2. The van der Waals surface area contributed by atoms with Crippen molar-refractivity contribution in [2.45, 2.75) is 29.7 Å². The van der Waals surface area contributed by atoms with E-state index in [1.165, 1.54) is 19.3 Å². The maximum absolute atomic E-state index is 5.72. The molecule has 0 N–H and O–H groups in total. The van der Waals surface area contributed by atoms with Crippen LogP contribution in [-0.2, 0) is 0 Å². The van der Waals surface area contributed by atoms with E-state index < -0.39 is 0 Å². The Labute approximate surface area is 113 Å². The lowest BCUT2D eigenvalue weighted by atomic mass is 9.50. The smallest absolute Gasteiger partial charge is 0.228 e. The number of pyridine rings is 1. The molecule has 0 spiro atoms. The highest BCUT2D eigenvalue weighted by Crippen LogP contribution is 2.63. The molecule has 5 heteroatoms. The van der Waals surface area contributed by atoms with Crippen molar-refractivity contribution in [2.24, 2.45) is 5.92 Å². The quantitative estimate of drug-likeness (QED) is 0.744. The van der Waals surface area contributed by atoms with Gasteiger partial charge in [0.2, 0.25) is 5.88 Å². The maximum atomic E-state index is 5.72. The third-order valence-electron chi connectivity index (χ3n) is 4.06. The first-order valence-corrected chi connectivity index (χ1v) is 7.56. The molecule has 3 saturated carbocycles. The predicted molar refractivity (Wildman–Crippen MR) is 70.1 cm³/mol. The molecule has 0 radical (unpaired) electrons. The summed E-state index contributed by atoms with van der Waals surface area (Å²) >= 11 is 5.31. The van der Waals surface area contributed by atoms with Crippen LogP contribution in [-0.4, -0.2) is 28.0 Å². The Morgan fingerprint density at radius 1 is 1.47 bits per heavy atom. The highest BCUT2D eigenvalue weighted by molar-refractivity contribution is 9.10. The Morgan fingerprint density at radius 2 is 2.29 bits per heavy atom. The van der Waals surface area contributed by atoms with Gasteiger partial charge in [0.15, 0.2) is 0 Å². The number of nitrogens with zero attached hydrogens (tertiary/aromatic N) is 2. The zero-order chi connectivity index (χ0) is 11.5. The average molecular weight is 313 g/mol. The highest BCUT2D eigenvalue weighted by atomic mass is 79.9. The molecule has 0 amide bonds. The van der Waals surface area contributed by atoms with Crippen LogP contribution in [0.5, 0.6) is 5.88 Å². The van der Waals surface area contributed by atoms with Gasteiger partial charge in [0.05, 0.1) is 4.90 Å². The molecular formula is C12H13BrN2OS. The van der Waals surface area contributed by atoms with E-state index >= 15 is 0 Å². The van der Waals surface area contributed by atoms with Crippen LogP contribution >= 0.6 is 27.9 Å². The molecule has 2 heterocycles. The normalized spacial score (nSPS) is 35.0. The van der Waals surface area contributed by atoms with E-state index in [9.17, 15) is 0 Å². The highest BCUT2D eigenvalue weighted by Gasteiger charge is 2.60. The summed E-state index contributed by atoms with van der Waals surface area (Å²) in [5.41, 5.74) is 0.489. The van der Waals surface area contributed by atoms with Crippen LogP contribution in [0.4, 0.5) is 0 Å². The summed E-state index contributed by atoms with van der Waals surface area (Å²) in [4.78, 5) is 5.48. The van der Waals surface area contributed by atoms with Crippen molar-refractivity contribution < 1.29 is 4.74 Å². The second-order valence-corrected chi connectivity index (χ2v) is 7.18. The van der Waals surface area contributed by atoms with Gasteiger partial charge in [0, 0.05) is 22.8 Å². The minimum atomic E-state index is 0.489. The number of aromatic nitrogens is 1. The Morgan fingerprint density at radius 3 is 3.00 bits per heavy atom. The zero-order valence-corrected chi connectivity index (χ0v) is 11.8. The average Bonchev–Trinajstić information content (AvgIpc) is 2.34. The van der Waals surface area contributed by atoms with Gasteiger partial charge in [-0.15, -0.1) is 0 Å². The lowest BCUT2D eigenvalue weighted by Gasteiger charge is -2.65. The number of ether oxygens (including phenoxy) is 1. The molecule has 3 aliphatic carbocycles. The van der Waals surface area contributed by atoms with Gasteiger partial charge in [-0.1, -0.05) is 0 Å². The number of halogens is 1. The second-order valence-electron chi connectivity index (χ2n) is 5.20. The topological polar surface area (TPSA) is 25.4 Å². The number of rotatable bonds is 1. The van der Waals surface area contributed by atoms with Crippen molar-refractivity contribution in [3.63, 3.8) is 0 Å². The lowest BCUT2D eigenvalue weighted by molar-refractivity contribution is -0.101. The minimum absolute atomic E-state index is 0.489. The standard InChI is InChI=1S/C12H13BrN2OS/c13-9-3-10-11(14-7-9)16-2-1-15(17-10)12-4-8(5-12)6-12/h3,7-8H,1-2,4-6H2. The van der Waals surface area contributed by atoms with Gasteiger partial charge >= 0.3 is 0 Å². The first-order valence-electron chi connectivity index (χ1n) is 5.99. The Balaban J connectivity index is 1.64. The van der Waals surface area contributed by atoms with Crippen LogP contribution in [0.3, 0.4) is 0 Å². The monoisotopic (exact) mass is 312 g/mol. The third kappa shape index (κ3) is 1.55. The molecule has 2 bridgehead atoms. The maximum Gasteiger partial charge on any atom is 0.228 e. The van der Waals surface area contributed by atoms with Gasteiger partial charge in [0.1, 0.15) is 6.61 Å². The molecule has 1 aliphatic heterocycles. The van der Waals surface area contributed by atoms with Crippen LogP contribution in [0.1, 0.15) is 19.3 Å². The van der Waals surface area contributed by atoms with Crippen LogP contribution < -0.4 is 4.74 Å². The fraction of sp³-hybridized carbons (Fsp3) is 0.583. The predicted octanol–water partition coefficient (Wildman–Crippen LogP) is 3.10. The molecule has 90 valence electrons. The summed E-state index contributed by atoms with van der Waals surface area (Å²) in [5, 5.41) is 0. The molecule has 17 heavy (non-hydrogen) atoms. The summed E-state index contributed by atoms with van der Waals surface area (Å²) < 4.78 is 9.28. The van der Waals surface area contributed by atoms with Gasteiger partial charge in [-0.05, 0) is 59.1 Å². The molecule has 0 aromatic carbocycles. The summed E-state index contributed by atoms with van der Waals surface area (Å²) in [6.07, 6.45) is 5.96. The largest absolute Gasteiger partial charge is 0.475 e. The summed E-state index contributed by atoms with van der Waals surface area (Å²) in [5.74, 6) is 1.80. The fourth-order valence-electron chi connectivity index (χ4n) is 3.04. The molecule has 5 rings (SSSR count). The summed E-state index contributed by atoms with van der Waals surface area (Å²) in [7, 11) is 0. The molecule has 1 aromatic rings. The molecule has 4 aliphatic rings. The fourth-order valence-corrected chi connectivity index (χ4v) is 4.72. The summed E-state index contributed by atoms with van der Waals surface area (Å²) in [6, 6.07) is 2.11. The number of fused-ring (bicyclic) bond motifs is 1. The van der Waals surface area contributed by atoms with E-state index in [1.54, 1.807) is 6.20 Å². The van der Waals surface area contributed by atoms with Gasteiger partial charge in [-0.3, -0.25) is 0 Å². The van der Waals surface area contributed by atoms with Crippen LogP contribution in [0.15, 0.2) is 21.6 Å². The van der Waals surface area contributed by atoms with Crippen molar-refractivity contribution in [2.75, 3.05) is 13.2 Å². The van der Waals surface area contributed by atoms with Crippen molar-refractivity contribution in [3.05, 3.63) is 16.7 Å². The zero-order valence-electron chi connectivity index (χ0n) is 9.36. The van der Waals surface area contributed by atoms with E-state index in [-0.39, 0.29) is 0 Å². The van der Waals surface area contributed by atoms with Crippen molar-refractivity contribution in [1.82, 2.24) is 9.29 Å². The van der Waals surface area contributed by atoms with Crippen LogP contribution in [0.25, 0.3) is 0 Å². The minimum Gasteiger partial charge on any atom is -0.475 e. The molecule has 0 atom stereocenters. The van der Waals surface area contributed by atoms with Gasteiger partial charge in [0.25, 0.3) is 0 Å². The molecule has 1 aromatic heterocycles. The van der Waals surface area contributed by atoms with E-state index in [0.29, 0.717) is 5.54 Å². The Kier molecular flexibility index (Phi) is 2.27. The van der Waals surface area contributed by atoms with Crippen LogP contribution in [0.2, 0.25) is 0 Å². The van der Waals surface area contributed by atoms with Gasteiger partial charge in [-0.25, -0.2) is 9.29 Å². The molecule has 3 nitrogen and oxygen atoms in total. The Bertz CT molecular complexity index is 465. The van der Waals surface area contributed by atoms with Gasteiger partial charge in [-0.2, -0.15) is 0 Å². The molecular weight excluding hydrogens is 300 g/mol. The Hall–Kier alpha value is -0.260. The molecule has 0 unspecified atom stereocenters. The summed E-state index contributed by atoms with van der Waals surface area (Å²) in [6.45, 7) is 1.76. The lowest BCUT2D eigenvalue weighted by Crippen LogP contribution is -2.66. The van der Waals surface area contributed by atoms with E-state index in [0.717, 1.165) is 34.3 Å². The number of hydrogen-bond donors (Lipinski definition) is 0. The van der Waals surface area contributed by atoms with Crippen molar-refractivity contribution in [1.29, 1.82) is 0 Å².